The minimum Gasteiger partial charge on any atom is -0.391 e. The van der Waals surface area contributed by atoms with E-state index in [9.17, 15) is 9.90 Å². The van der Waals surface area contributed by atoms with Crippen molar-refractivity contribution in [2.45, 2.75) is 26.4 Å². The highest BCUT2D eigenvalue weighted by Gasteiger charge is 2.11. The molecule has 0 aliphatic heterocycles. The van der Waals surface area contributed by atoms with E-state index in [0.717, 1.165) is 0 Å². The Kier molecular flexibility index (Phi) is 5.95. The normalized spacial score (nSPS) is 12.2. The topological polar surface area (TPSA) is 92.1 Å². The number of aliphatic hydroxyl groups is 1. The summed E-state index contributed by atoms with van der Waals surface area (Å²) in [5, 5.41) is 19.6. The fraction of sp³-hybridized carbons (Fsp3) is 0.400. The lowest BCUT2D eigenvalue weighted by Gasteiger charge is -2.13. The van der Waals surface area contributed by atoms with Crippen LogP contribution >= 0.6 is 11.6 Å². The third-order valence-corrected chi connectivity index (χ3v) is 3.32. The number of pyridine rings is 1. The van der Waals surface area contributed by atoms with Crippen molar-refractivity contribution in [2.75, 3.05) is 11.9 Å². The molecule has 0 aromatic carbocycles. The average molecular weight is 338 g/mol. The molecule has 2 rings (SSSR count). The highest BCUT2D eigenvalue weighted by molar-refractivity contribution is 6.32. The molecule has 8 heteroatoms. The maximum absolute atomic E-state index is 11.8. The lowest BCUT2D eigenvalue weighted by atomic mass is 10.1. The molecule has 2 amide bonds. The Hall–Kier alpha value is -2.12. The molecule has 2 heterocycles. The van der Waals surface area contributed by atoms with Crippen LogP contribution < -0.4 is 10.6 Å². The van der Waals surface area contributed by atoms with Crippen LogP contribution in [0.15, 0.2) is 30.6 Å². The van der Waals surface area contributed by atoms with Gasteiger partial charge in [-0.25, -0.2) is 14.5 Å². The molecule has 1 atom stereocenters. The van der Waals surface area contributed by atoms with Crippen molar-refractivity contribution in [3.05, 3.63) is 35.6 Å². The van der Waals surface area contributed by atoms with Crippen LogP contribution in [0.4, 0.5) is 10.6 Å². The Morgan fingerprint density at radius 2 is 2.22 bits per heavy atom. The van der Waals surface area contributed by atoms with Crippen molar-refractivity contribution in [3.63, 3.8) is 0 Å². The molecule has 7 nitrogen and oxygen atoms in total. The first-order chi connectivity index (χ1) is 11.0. The van der Waals surface area contributed by atoms with Crippen LogP contribution in [0.3, 0.4) is 0 Å². The van der Waals surface area contributed by atoms with Gasteiger partial charge >= 0.3 is 6.03 Å². The maximum Gasteiger partial charge on any atom is 0.320 e. The number of urea groups is 1. The number of halogens is 1. The van der Waals surface area contributed by atoms with E-state index in [1.54, 1.807) is 30.6 Å². The molecule has 124 valence electrons. The minimum atomic E-state index is -0.564. The predicted molar refractivity (Wildman–Crippen MR) is 88.9 cm³/mol. The van der Waals surface area contributed by atoms with Crippen molar-refractivity contribution in [2.24, 2.45) is 5.92 Å². The third kappa shape index (κ3) is 5.22. The summed E-state index contributed by atoms with van der Waals surface area (Å²) in [6, 6.07) is 4.64. The molecular formula is C15H20ClN5O2. The van der Waals surface area contributed by atoms with E-state index in [4.69, 9.17) is 11.6 Å². The van der Waals surface area contributed by atoms with Gasteiger partial charge in [0.2, 0.25) is 0 Å². The van der Waals surface area contributed by atoms with E-state index in [0.29, 0.717) is 29.0 Å². The molecule has 0 radical (unpaired) electrons. The van der Waals surface area contributed by atoms with Crippen LogP contribution in [0, 0.1) is 5.92 Å². The van der Waals surface area contributed by atoms with Gasteiger partial charge in [-0.05, 0) is 24.5 Å². The van der Waals surface area contributed by atoms with Crippen molar-refractivity contribution in [1.29, 1.82) is 0 Å². The highest BCUT2D eigenvalue weighted by Crippen LogP contribution is 2.17. The quantitative estimate of drug-likeness (QED) is 0.755. The number of hydrogen-bond donors (Lipinski definition) is 3. The summed E-state index contributed by atoms with van der Waals surface area (Å²) in [7, 11) is 0. The molecule has 0 saturated carbocycles. The zero-order valence-corrected chi connectivity index (χ0v) is 13.8. The molecule has 2 aromatic rings. The van der Waals surface area contributed by atoms with E-state index in [1.165, 1.54) is 4.68 Å². The average Bonchev–Trinajstić information content (AvgIpc) is 2.93. The first-order valence-electron chi connectivity index (χ1n) is 7.35. The molecule has 23 heavy (non-hydrogen) atoms. The second kappa shape index (κ2) is 7.94. The number of anilines is 1. The fourth-order valence-electron chi connectivity index (χ4n) is 2.05. The van der Waals surface area contributed by atoms with Gasteiger partial charge in [0.05, 0.1) is 11.1 Å². The molecule has 0 fully saturated rings. The number of amides is 2. The number of carbonyl (C=O) groups is 1. The SMILES string of the molecule is CC(C)CC(O)CNC(=O)Nc1ccn(-c2ncccc2Cl)n1. The molecule has 0 aliphatic rings. The number of nitrogens with one attached hydrogen (secondary N) is 2. The molecule has 3 N–H and O–H groups in total. The molecule has 0 saturated heterocycles. The number of aliphatic hydroxyl groups excluding tert-OH is 1. The highest BCUT2D eigenvalue weighted by atomic mass is 35.5. The third-order valence-electron chi connectivity index (χ3n) is 3.03. The van der Waals surface area contributed by atoms with Crippen molar-refractivity contribution in [3.8, 4) is 5.82 Å². The summed E-state index contributed by atoms with van der Waals surface area (Å²) in [5.74, 6) is 1.21. The number of hydrogen-bond acceptors (Lipinski definition) is 4. The standard InChI is InChI=1S/C15H20ClN5O2/c1-10(2)8-11(22)9-18-15(23)19-13-5-7-21(20-13)14-12(16)4-3-6-17-14/h3-7,10-11,22H,8-9H2,1-2H3,(H2,18,19,20,23). The Bertz CT molecular complexity index is 659. The van der Waals surface area contributed by atoms with E-state index in [1.807, 2.05) is 13.8 Å². The molecule has 0 spiro atoms. The van der Waals surface area contributed by atoms with Gasteiger partial charge in [0, 0.05) is 25.0 Å². The minimum absolute atomic E-state index is 0.191. The number of nitrogens with zero attached hydrogens (tertiary/aromatic N) is 3. The Morgan fingerprint density at radius 1 is 1.43 bits per heavy atom. The van der Waals surface area contributed by atoms with Gasteiger partial charge in [-0.3, -0.25) is 5.32 Å². The number of aromatic nitrogens is 3. The van der Waals surface area contributed by atoms with Gasteiger partial charge in [-0.2, -0.15) is 0 Å². The van der Waals surface area contributed by atoms with Gasteiger partial charge in [0.25, 0.3) is 0 Å². The lowest BCUT2D eigenvalue weighted by Crippen LogP contribution is -2.35. The van der Waals surface area contributed by atoms with Crippen LogP contribution in [0.25, 0.3) is 5.82 Å². The zero-order chi connectivity index (χ0) is 16.8. The smallest absolute Gasteiger partial charge is 0.320 e. The van der Waals surface area contributed by atoms with Gasteiger partial charge in [-0.15, -0.1) is 5.10 Å². The second-order valence-corrected chi connectivity index (χ2v) is 5.98. The lowest BCUT2D eigenvalue weighted by molar-refractivity contribution is 0.148. The molecule has 0 aliphatic carbocycles. The maximum atomic E-state index is 11.8. The Labute approximate surface area is 139 Å². The summed E-state index contributed by atoms with van der Waals surface area (Å²) in [5.41, 5.74) is 0. The van der Waals surface area contributed by atoms with Crippen molar-refractivity contribution < 1.29 is 9.90 Å². The van der Waals surface area contributed by atoms with E-state index in [2.05, 4.69) is 20.7 Å². The van der Waals surface area contributed by atoms with E-state index in [-0.39, 0.29) is 6.54 Å². The van der Waals surface area contributed by atoms with Crippen molar-refractivity contribution >= 4 is 23.4 Å². The molecule has 2 aromatic heterocycles. The van der Waals surface area contributed by atoms with Crippen molar-refractivity contribution in [1.82, 2.24) is 20.1 Å². The zero-order valence-electron chi connectivity index (χ0n) is 13.0. The Balaban J connectivity index is 1.89. The van der Waals surface area contributed by atoms with E-state index < -0.39 is 12.1 Å². The monoisotopic (exact) mass is 337 g/mol. The molecular weight excluding hydrogens is 318 g/mol. The summed E-state index contributed by atoms with van der Waals surface area (Å²) < 4.78 is 1.48. The van der Waals surface area contributed by atoms with Crippen LogP contribution in [0.1, 0.15) is 20.3 Å². The van der Waals surface area contributed by atoms with Gasteiger partial charge in [-0.1, -0.05) is 25.4 Å². The Morgan fingerprint density at radius 3 is 2.91 bits per heavy atom. The molecule has 1 unspecified atom stereocenters. The summed E-state index contributed by atoms with van der Waals surface area (Å²) >= 11 is 6.05. The van der Waals surface area contributed by atoms with Crippen LogP contribution in [-0.2, 0) is 0 Å². The van der Waals surface area contributed by atoms with Gasteiger partial charge in [0.15, 0.2) is 11.6 Å². The summed E-state index contributed by atoms with van der Waals surface area (Å²) in [6.07, 6.45) is 3.33. The van der Waals surface area contributed by atoms with Crippen LogP contribution in [0.5, 0.6) is 0 Å². The van der Waals surface area contributed by atoms with Crippen LogP contribution in [-0.4, -0.2) is 38.6 Å². The number of rotatable bonds is 6. The first-order valence-corrected chi connectivity index (χ1v) is 7.73. The van der Waals surface area contributed by atoms with Gasteiger partial charge < -0.3 is 10.4 Å². The predicted octanol–water partition coefficient (Wildman–Crippen LogP) is 2.45. The first kappa shape index (κ1) is 17.2. The largest absolute Gasteiger partial charge is 0.391 e. The van der Waals surface area contributed by atoms with Crippen LogP contribution in [0.2, 0.25) is 5.02 Å². The van der Waals surface area contributed by atoms with Gasteiger partial charge in [0.1, 0.15) is 0 Å². The summed E-state index contributed by atoms with van der Waals surface area (Å²) in [4.78, 5) is 15.9. The van der Waals surface area contributed by atoms with E-state index >= 15 is 0 Å². The fourth-order valence-corrected chi connectivity index (χ4v) is 2.26. The molecule has 0 bridgehead atoms. The number of carbonyl (C=O) groups excluding carboxylic acids is 1. The second-order valence-electron chi connectivity index (χ2n) is 5.57. The summed E-state index contributed by atoms with van der Waals surface area (Å²) in [6.45, 7) is 4.22.